The Labute approximate surface area is 161 Å². The molecule has 0 bridgehead atoms. The van der Waals surface area contributed by atoms with E-state index < -0.39 is 0 Å². The van der Waals surface area contributed by atoms with Crippen LogP contribution in [0.25, 0.3) is 0 Å². The van der Waals surface area contributed by atoms with E-state index in [0.29, 0.717) is 22.8 Å². The first kappa shape index (κ1) is 18.7. The van der Waals surface area contributed by atoms with Crippen molar-refractivity contribution in [1.82, 2.24) is 5.16 Å². The number of carbonyl (C=O) groups excluding carboxylic acids is 2. The van der Waals surface area contributed by atoms with E-state index in [4.69, 9.17) is 4.52 Å². The molecule has 138 valence electrons. The summed E-state index contributed by atoms with van der Waals surface area (Å²) in [6, 6.07) is 16.4. The van der Waals surface area contributed by atoms with Gasteiger partial charge in [0.1, 0.15) is 5.76 Å². The van der Waals surface area contributed by atoms with E-state index in [1.807, 2.05) is 49.4 Å². The summed E-state index contributed by atoms with van der Waals surface area (Å²) in [5.41, 5.74) is 2.36. The molecule has 0 unspecified atom stereocenters. The average Bonchev–Trinajstić information content (AvgIpc) is 3.06. The minimum Gasteiger partial charge on any atom is -0.360 e. The molecule has 2 N–H and O–H groups in total. The number of carbonyl (C=O) groups is 2. The van der Waals surface area contributed by atoms with Gasteiger partial charge in [-0.15, -0.1) is 11.8 Å². The molecule has 0 atom stereocenters. The van der Waals surface area contributed by atoms with Crippen molar-refractivity contribution in [1.29, 1.82) is 0 Å². The van der Waals surface area contributed by atoms with Crippen LogP contribution < -0.4 is 10.6 Å². The highest BCUT2D eigenvalue weighted by Crippen LogP contribution is 2.21. The molecule has 0 aliphatic carbocycles. The van der Waals surface area contributed by atoms with Gasteiger partial charge in [0.25, 0.3) is 5.91 Å². The van der Waals surface area contributed by atoms with E-state index in [2.05, 4.69) is 15.8 Å². The zero-order valence-electron chi connectivity index (χ0n) is 15.0. The molecule has 7 heteroatoms. The maximum absolute atomic E-state index is 12.3. The number of anilines is 2. The van der Waals surface area contributed by atoms with Crippen LogP contribution in [-0.4, -0.2) is 22.7 Å². The van der Waals surface area contributed by atoms with Crippen LogP contribution in [0.15, 0.2) is 64.0 Å². The number of hydrogen-bond donors (Lipinski definition) is 2. The molecule has 0 spiro atoms. The fourth-order valence-electron chi connectivity index (χ4n) is 2.38. The fraction of sp³-hybridized carbons (Fsp3) is 0.150. The second kappa shape index (κ2) is 8.55. The SMILES string of the molecule is Cc1cccc(C(=O)Nc2ccc(SCC(=O)Nc3cc(C)on3)cc2)c1. The van der Waals surface area contributed by atoms with Gasteiger partial charge in [0.05, 0.1) is 5.75 Å². The Morgan fingerprint density at radius 1 is 1.04 bits per heavy atom. The van der Waals surface area contributed by atoms with Crippen molar-refractivity contribution in [3.63, 3.8) is 0 Å². The number of rotatable bonds is 6. The first-order chi connectivity index (χ1) is 13.0. The molecule has 1 heterocycles. The summed E-state index contributed by atoms with van der Waals surface area (Å²) >= 11 is 1.40. The van der Waals surface area contributed by atoms with Crippen LogP contribution in [0, 0.1) is 13.8 Å². The minimum absolute atomic E-state index is 0.151. The third-order valence-electron chi connectivity index (χ3n) is 3.66. The minimum atomic E-state index is -0.162. The van der Waals surface area contributed by atoms with Gasteiger partial charge in [-0.2, -0.15) is 0 Å². The van der Waals surface area contributed by atoms with Gasteiger partial charge in [0.15, 0.2) is 5.82 Å². The van der Waals surface area contributed by atoms with E-state index >= 15 is 0 Å². The topological polar surface area (TPSA) is 84.2 Å². The Bertz CT molecular complexity index is 951. The van der Waals surface area contributed by atoms with Gasteiger partial charge in [0, 0.05) is 22.2 Å². The number of hydrogen-bond acceptors (Lipinski definition) is 5. The maximum Gasteiger partial charge on any atom is 0.255 e. The van der Waals surface area contributed by atoms with Crippen LogP contribution in [0.3, 0.4) is 0 Å². The van der Waals surface area contributed by atoms with E-state index in [-0.39, 0.29) is 17.6 Å². The van der Waals surface area contributed by atoms with Crippen LogP contribution >= 0.6 is 11.8 Å². The Hall–Kier alpha value is -3.06. The normalized spacial score (nSPS) is 10.4. The molecule has 0 aliphatic rings. The highest BCUT2D eigenvalue weighted by Gasteiger charge is 2.08. The van der Waals surface area contributed by atoms with E-state index in [1.165, 1.54) is 11.8 Å². The van der Waals surface area contributed by atoms with Gasteiger partial charge in [-0.05, 0) is 50.2 Å². The number of benzene rings is 2. The van der Waals surface area contributed by atoms with Crippen LogP contribution in [-0.2, 0) is 4.79 Å². The lowest BCUT2D eigenvalue weighted by atomic mass is 10.1. The predicted octanol–water partition coefficient (Wildman–Crippen LogP) is 4.27. The van der Waals surface area contributed by atoms with Gasteiger partial charge >= 0.3 is 0 Å². The molecule has 0 radical (unpaired) electrons. The van der Waals surface area contributed by atoms with E-state index in [0.717, 1.165) is 10.5 Å². The summed E-state index contributed by atoms with van der Waals surface area (Å²) in [6.07, 6.45) is 0. The Morgan fingerprint density at radius 2 is 1.81 bits per heavy atom. The second-order valence-electron chi connectivity index (χ2n) is 6.01. The number of nitrogens with zero attached hydrogens (tertiary/aromatic N) is 1. The molecule has 2 aromatic carbocycles. The quantitative estimate of drug-likeness (QED) is 0.623. The van der Waals surface area contributed by atoms with Gasteiger partial charge in [-0.25, -0.2) is 0 Å². The van der Waals surface area contributed by atoms with Crippen LogP contribution in [0.1, 0.15) is 21.7 Å². The molecule has 0 saturated heterocycles. The molecule has 1 aromatic heterocycles. The molecule has 2 amide bonds. The lowest BCUT2D eigenvalue weighted by molar-refractivity contribution is -0.113. The van der Waals surface area contributed by atoms with Crippen LogP contribution in [0.5, 0.6) is 0 Å². The number of aryl methyl sites for hydroxylation is 2. The monoisotopic (exact) mass is 381 g/mol. The number of aromatic nitrogens is 1. The van der Waals surface area contributed by atoms with Gasteiger partial charge in [-0.1, -0.05) is 22.9 Å². The highest BCUT2D eigenvalue weighted by molar-refractivity contribution is 8.00. The van der Waals surface area contributed by atoms with E-state index in [1.54, 1.807) is 19.1 Å². The number of nitrogens with one attached hydrogen (secondary N) is 2. The Kier molecular flexibility index (Phi) is 5.93. The standard InChI is InChI=1S/C20H19N3O3S/c1-13-4-3-5-15(10-13)20(25)21-16-6-8-17(9-7-16)27-12-19(24)22-18-11-14(2)26-23-18/h3-11H,12H2,1-2H3,(H,21,25)(H,22,23,24). The van der Waals surface area contributed by atoms with Crippen LogP contribution in [0.4, 0.5) is 11.5 Å². The molecule has 3 rings (SSSR count). The van der Waals surface area contributed by atoms with E-state index in [9.17, 15) is 9.59 Å². The van der Waals surface area contributed by atoms with Crippen molar-refractivity contribution in [3.05, 3.63) is 71.5 Å². The average molecular weight is 381 g/mol. The first-order valence-corrected chi connectivity index (χ1v) is 9.32. The number of amides is 2. The van der Waals surface area contributed by atoms with Crippen molar-refractivity contribution in [2.75, 3.05) is 16.4 Å². The zero-order valence-corrected chi connectivity index (χ0v) is 15.8. The Balaban J connectivity index is 1.51. The molecule has 3 aromatic rings. The molecule has 0 saturated carbocycles. The fourth-order valence-corrected chi connectivity index (χ4v) is 3.08. The lowest BCUT2D eigenvalue weighted by Gasteiger charge is -2.07. The predicted molar refractivity (Wildman–Crippen MR) is 106 cm³/mol. The second-order valence-corrected chi connectivity index (χ2v) is 7.06. The van der Waals surface area contributed by atoms with Crippen LogP contribution in [0.2, 0.25) is 0 Å². The van der Waals surface area contributed by atoms with Crippen molar-refractivity contribution in [2.24, 2.45) is 0 Å². The molecule has 0 fully saturated rings. The van der Waals surface area contributed by atoms with Crippen molar-refractivity contribution in [3.8, 4) is 0 Å². The summed E-state index contributed by atoms with van der Waals surface area (Å²) in [5.74, 6) is 0.987. The van der Waals surface area contributed by atoms with Crippen molar-refractivity contribution in [2.45, 2.75) is 18.7 Å². The summed E-state index contributed by atoms with van der Waals surface area (Å²) in [5, 5.41) is 9.26. The summed E-state index contributed by atoms with van der Waals surface area (Å²) < 4.78 is 4.91. The van der Waals surface area contributed by atoms with Gasteiger partial charge in [-0.3, -0.25) is 9.59 Å². The lowest BCUT2D eigenvalue weighted by Crippen LogP contribution is -2.14. The molecular weight excluding hydrogens is 362 g/mol. The maximum atomic E-state index is 12.3. The van der Waals surface area contributed by atoms with Gasteiger partial charge < -0.3 is 15.2 Å². The summed E-state index contributed by atoms with van der Waals surface area (Å²) in [4.78, 5) is 25.1. The highest BCUT2D eigenvalue weighted by atomic mass is 32.2. The Morgan fingerprint density at radius 3 is 2.48 bits per heavy atom. The van der Waals surface area contributed by atoms with Crippen molar-refractivity contribution >= 4 is 35.1 Å². The largest absolute Gasteiger partial charge is 0.360 e. The molecule has 6 nitrogen and oxygen atoms in total. The molecule has 0 aliphatic heterocycles. The van der Waals surface area contributed by atoms with Crippen molar-refractivity contribution < 1.29 is 14.1 Å². The smallest absolute Gasteiger partial charge is 0.255 e. The third-order valence-corrected chi connectivity index (χ3v) is 4.67. The van der Waals surface area contributed by atoms with Gasteiger partial charge in [0.2, 0.25) is 5.91 Å². The molecular formula is C20H19N3O3S. The summed E-state index contributed by atoms with van der Waals surface area (Å²) in [7, 11) is 0. The molecule has 27 heavy (non-hydrogen) atoms. The summed E-state index contributed by atoms with van der Waals surface area (Å²) in [6.45, 7) is 3.71. The zero-order chi connectivity index (χ0) is 19.2. The third kappa shape index (κ3) is 5.46. The first-order valence-electron chi connectivity index (χ1n) is 8.33. The number of thioether (sulfide) groups is 1.